The molecule has 0 aliphatic carbocycles. The van der Waals surface area contributed by atoms with Crippen molar-refractivity contribution in [3.05, 3.63) is 29.3 Å². The van der Waals surface area contributed by atoms with Gasteiger partial charge in [0, 0.05) is 26.2 Å². The van der Waals surface area contributed by atoms with Crippen LogP contribution < -0.4 is 4.74 Å². The van der Waals surface area contributed by atoms with Gasteiger partial charge in [-0.25, -0.2) is 0 Å². The molecular formula is C18H24N4O2S. The van der Waals surface area contributed by atoms with E-state index >= 15 is 0 Å². The Labute approximate surface area is 153 Å². The van der Waals surface area contributed by atoms with Crippen LogP contribution in [-0.4, -0.2) is 59.4 Å². The molecule has 0 radical (unpaired) electrons. The Morgan fingerprint density at radius 3 is 2.48 bits per heavy atom. The number of hydrogen-bond donors (Lipinski definition) is 0. The zero-order valence-corrected chi connectivity index (χ0v) is 16.0. The molecule has 134 valence electrons. The number of carbonyl (C=O) groups excluding carboxylic acids is 1. The number of rotatable bonds is 3. The molecule has 1 fully saturated rings. The average molecular weight is 360 g/mol. The van der Waals surface area contributed by atoms with Crippen LogP contribution in [0.15, 0.2) is 23.2 Å². The first-order chi connectivity index (χ1) is 12.0. The first-order valence-corrected chi connectivity index (χ1v) is 9.47. The Balaban J connectivity index is 1.93. The van der Waals surface area contributed by atoms with Gasteiger partial charge in [0.25, 0.3) is 5.91 Å². The van der Waals surface area contributed by atoms with Gasteiger partial charge in [-0.05, 0) is 38.7 Å². The smallest absolute Gasteiger partial charge is 0.263 e. The van der Waals surface area contributed by atoms with Gasteiger partial charge < -0.3 is 14.5 Å². The fourth-order valence-electron chi connectivity index (χ4n) is 2.84. The molecule has 0 bridgehead atoms. The Kier molecular flexibility index (Phi) is 6.71. The van der Waals surface area contributed by atoms with Crippen molar-refractivity contribution in [1.82, 2.24) is 9.80 Å². The Morgan fingerprint density at radius 1 is 1.28 bits per heavy atom. The van der Waals surface area contributed by atoms with Crippen molar-refractivity contribution in [3.63, 3.8) is 0 Å². The summed E-state index contributed by atoms with van der Waals surface area (Å²) in [6, 6.07) is 5.94. The third-order valence-electron chi connectivity index (χ3n) is 4.17. The number of nitriles is 1. The number of aliphatic imine (C=N–C) groups is 1. The lowest BCUT2D eigenvalue weighted by molar-refractivity contribution is -0.139. The highest BCUT2D eigenvalue weighted by Gasteiger charge is 2.27. The lowest BCUT2D eigenvalue weighted by Gasteiger charge is -2.36. The Hall–Kier alpha value is -2.20. The van der Waals surface area contributed by atoms with Crippen LogP contribution in [0.5, 0.6) is 5.75 Å². The summed E-state index contributed by atoms with van der Waals surface area (Å²) in [5.41, 5.74) is 2.20. The largest absolute Gasteiger partial charge is 0.481 e. The predicted molar refractivity (Wildman–Crippen MR) is 101 cm³/mol. The summed E-state index contributed by atoms with van der Waals surface area (Å²) in [4.78, 5) is 20.3. The van der Waals surface area contributed by atoms with Gasteiger partial charge in [-0.3, -0.25) is 4.79 Å². The summed E-state index contributed by atoms with van der Waals surface area (Å²) >= 11 is 1.45. The van der Waals surface area contributed by atoms with Crippen molar-refractivity contribution in [2.75, 3.05) is 32.4 Å². The number of thioether (sulfide) groups is 1. The lowest BCUT2D eigenvalue weighted by Crippen LogP contribution is -2.52. The molecule has 6 nitrogen and oxygen atoms in total. The van der Waals surface area contributed by atoms with Crippen molar-refractivity contribution in [1.29, 1.82) is 5.26 Å². The summed E-state index contributed by atoms with van der Waals surface area (Å²) < 4.78 is 5.87. The highest BCUT2D eigenvalue weighted by molar-refractivity contribution is 8.13. The molecule has 1 amide bonds. The first-order valence-electron chi connectivity index (χ1n) is 8.24. The van der Waals surface area contributed by atoms with E-state index in [4.69, 9.17) is 10.00 Å². The highest BCUT2D eigenvalue weighted by Crippen LogP contribution is 2.21. The summed E-state index contributed by atoms with van der Waals surface area (Å²) in [7, 11) is 0. The van der Waals surface area contributed by atoms with Gasteiger partial charge in [0.1, 0.15) is 5.75 Å². The molecule has 1 aliphatic rings. The van der Waals surface area contributed by atoms with Crippen LogP contribution in [0.1, 0.15) is 18.1 Å². The van der Waals surface area contributed by atoms with E-state index < -0.39 is 6.10 Å². The zero-order chi connectivity index (χ0) is 18.4. The number of hydrogen-bond acceptors (Lipinski definition) is 5. The molecule has 0 spiro atoms. The summed E-state index contributed by atoms with van der Waals surface area (Å²) in [6.45, 7) is 8.35. The van der Waals surface area contributed by atoms with Gasteiger partial charge in [0.2, 0.25) is 6.19 Å². The molecule has 1 aromatic carbocycles. The van der Waals surface area contributed by atoms with E-state index in [1.54, 1.807) is 6.92 Å². The van der Waals surface area contributed by atoms with Crippen molar-refractivity contribution < 1.29 is 9.53 Å². The molecular weight excluding hydrogens is 336 g/mol. The molecule has 1 heterocycles. The van der Waals surface area contributed by atoms with E-state index in [1.165, 1.54) is 17.3 Å². The monoisotopic (exact) mass is 360 g/mol. The summed E-state index contributed by atoms with van der Waals surface area (Å²) in [5, 5.41) is 9.44. The molecule has 0 saturated carbocycles. The molecule has 1 atom stereocenters. The predicted octanol–water partition coefficient (Wildman–Crippen LogP) is 2.42. The molecule has 25 heavy (non-hydrogen) atoms. The number of aryl methyl sites for hydroxylation is 2. The van der Waals surface area contributed by atoms with Crippen LogP contribution in [0.4, 0.5) is 0 Å². The average Bonchev–Trinajstić information content (AvgIpc) is 2.61. The molecule has 1 saturated heterocycles. The first kappa shape index (κ1) is 19.1. The van der Waals surface area contributed by atoms with Crippen molar-refractivity contribution in [2.45, 2.75) is 26.9 Å². The maximum Gasteiger partial charge on any atom is 0.263 e. The maximum absolute atomic E-state index is 12.6. The maximum atomic E-state index is 12.6. The number of benzene rings is 1. The topological polar surface area (TPSA) is 68.9 Å². The summed E-state index contributed by atoms with van der Waals surface area (Å²) in [6.07, 6.45) is 3.20. The highest BCUT2D eigenvalue weighted by atomic mass is 32.2. The molecule has 1 aliphatic heterocycles. The van der Waals surface area contributed by atoms with Crippen LogP contribution in [0.25, 0.3) is 0 Å². The standard InChI is InChI=1S/C18H24N4O2S/c1-13-5-6-16(14(2)11-13)24-15(3)17(23)21-7-9-22(10-8-21)18(25-4)20-12-19/h5-6,11,15H,7-10H2,1-4H3/b20-18-. The number of amidine groups is 1. The molecule has 1 aromatic rings. The van der Waals surface area contributed by atoms with Crippen LogP contribution >= 0.6 is 11.8 Å². The Bertz CT molecular complexity index is 691. The van der Waals surface area contributed by atoms with E-state index in [0.29, 0.717) is 31.3 Å². The number of carbonyl (C=O) groups is 1. The minimum atomic E-state index is -0.527. The van der Waals surface area contributed by atoms with Crippen molar-refractivity contribution in [3.8, 4) is 11.9 Å². The quantitative estimate of drug-likeness (QED) is 0.470. The van der Waals surface area contributed by atoms with E-state index in [1.807, 2.05) is 54.3 Å². The van der Waals surface area contributed by atoms with Crippen LogP contribution in [-0.2, 0) is 4.79 Å². The van der Waals surface area contributed by atoms with Gasteiger partial charge in [0.15, 0.2) is 11.3 Å². The third kappa shape index (κ3) is 4.89. The van der Waals surface area contributed by atoms with Gasteiger partial charge >= 0.3 is 0 Å². The van der Waals surface area contributed by atoms with Crippen molar-refractivity contribution >= 4 is 22.8 Å². The van der Waals surface area contributed by atoms with Crippen LogP contribution in [0, 0.1) is 25.3 Å². The second-order valence-electron chi connectivity index (χ2n) is 6.04. The fraction of sp³-hybridized carbons (Fsp3) is 0.500. The molecule has 2 rings (SSSR count). The molecule has 1 unspecified atom stereocenters. The molecule has 7 heteroatoms. The van der Waals surface area contributed by atoms with Crippen LogP contribution in [0.3, 0.4) is 0 Å². The van der Waals surface area contributed by atoms with E-state index in [-0.39, 0.29) is 5.91 Å². The fourth-order valence-corrected chi connectivity index (χ4v) is 3.41. The second-order valence-corrected chi connectivity index (χ2v) is 6.81. The number of amides is 1. The van der Waals surface area contributed by atoms with E-state index in [9.17, 15) is 4.79 Å². The van der Waals surface area contributed by atoms with Crippen molar-refractivity contribution in [2.24, 2.45) is 4.99 Å². The van der Waals surface area contributed by atoms with E-state index in [2.05, 4.69) is 4.99 Å². The minimum absolute atomic E-state index is 0.0115. The molecule has 0 N–H and O–H groups in total. The lowest BCUT2D eigenvalue weighted by atomic mass is 10.1. The SMILES string of the molecule is CS/C(=N\C#N)N1CCN(C(=O)C(C)Oc2ccc(C)cc2C)CC1. The normalized spacial score (nSPS) is 16.4. The van der Waals surface area contributed by atoms with Gasteiger partial charge in [-0.1, -0.05) is 29.5 Å². The van der Waals surface area contributed by atoms with E-state index in [0.717, 1.165) is 11.3 Å². The minimum Gasteiger partial charge on any atom is -0.481 e. The van der Waals surface area contributed by atoms with Crippen LogP contribution in [0.2, 0.25) is 0 Å². The van der Waals surface area contributed by atoms with Gasteiger partial charge in [0.05, 0.1) is 0 Å². The number of nitrogens with zero attached hydrogens (tertiary/aromatic N) is 4. The number of ether oxygens (including phenoxy) is 1. The second kappa shape index (κ2) is 8.77. The third-order valence-corrected chi connectivity index (χ3v) is 4.89. The van der Waals surface area contributed by atoms with Gasteiger partial charge in [-0.2, -0.15) is 5.26 Å². The zero-order valence-electron chi connectivity index (χ0n) is 15.2. The summed E-state index contributed by atoms with van der Waals surface area (Å²) in [5.74, 6) is 0.735. The molecule has 0 aromatic heterocycles. The number of piperazine rings is 1. The van der Waals surface area contributed by atoms with Gasteiger partial charge in [-0.15, -0.1) is 4.99 Å². The Morgan fingerprint density at radius 2 is 1.92 bits per heavy atom.